The second-order valence-corrected chi connectivity index (χ2v) is 5.13. The Morgan fingerprint density at radius 3 is 2.70 bits per heavy atom. The van der Waals surface area contributed by atoms with Crippen molar-refractivity contribution in [2.75, 3.05) is 5.32 Å². The topological polar surface area (TPSA) is 98.3 Å². The van der Waals surface area contributed by atoms with Crippen molar-refractivity contribution in [1.82, 2.24) is 4.98 Å². The van der Waals surface area contributed by atoms with E-state index in [4.69, 9.17) is 4.42 Å². The fourth-order valence-electron chi connectivity index (χ4n) is 2.33. The van der Waals surface area contributed by atoms with Gasteiger partial charge in [-0.25, -0.2) is 4.98 Å². The van der Waals surface area contributed by atoms with Gasteiger partial charge in [-0.15, -0.1) is 0 Å². The zero-order chi connectivity index (χ0) is 16.6. The number of hydrogen-bond acceptors (Lipinski definition) is 5. The minimum atomic E-state index is -0.474. The zero-order valence-corrected chi connectivity index (χ0v) is 12.5. The van der Waals surface area contributed by atoms with E-state index in [0.29, 0.717) is 33.8 Å². The van der Waals surface area contributed by atoms with Crippen LogP contribution >= 0.6 is 0 Å². The molecule has 7 heteroatoms. The van der Waals surface area contributed by atoms with Crippen molar-refractivity contribution in [3.8, 4) is 0 Å². The molecule has 1 N–H and O–H groups in total. The number of aryl methyl sites for hydroxylation is 2. The smallest absolute Gasteiger partial charge is 0.272 e. The predicted octanol–water partition coefficient (Wildman–Crippen LogP) is 3.61. The molecule has 0 unspecified atom stereocenters. The SMILES string of the molecule is Cc1nc2cc(NC(=O)c3ccc([N+](=O)[O-])c(C)c3)ccc2o1. The molecular formula is C16H13N3O4. The first-order chi connectivity index (χ1) is 10.9. The lowest BCUT2D eigenvalue weighted by Crippen LogP contribution is -2.12. The summed E-state index contributed by atoms with van der Waals surface area (Å²) < 4.78 is 5.38. The fourth-order valence-corrected chi connectivity index (χ4v) is 2.33. The van der Waals surface area contributed by atoms with Crippen LogP contribution in [-0.4, -0.2) is 15.8 Å². The molecule has 0 bridgehead atoms. The van der Waals surface area contributed by atoms with Crippen LogP contribution in [0.1, 0.15) is 21.8 Å². The van der Waals surface area contributed by atoms with Crippen LogP contribution in [0.4, 0.5) is 11.4 Å². The molecule has 116 valence electrons. The molecule has 1 heterocycles. The minimum absolute atomic E-state index is 0.0129. The van der Waals surface area contributed by atoms with Gasteiger partial charge in [0.15, 0.2) is 11.5 Å². The van der Waals surface area contributed by atoms with Crippen LogP contribution in [0.15, 0.2) is 40.8 Å². The molecule has 0 aliphatic carbocycles. The third-order valence-electron chi connectivity index (χ3n) is 3.41. The summed E-state index contributed by atoms with van der Waals surface area (Å²) in [5.41, 5.74) is 2.65. The highest BCUT2D eigenvalue weighted by Gasteiger charge is 2.14. The van der Waals surface area contributed by atoms with Crippen LogP contribution in [0.5, 0.6) is 0 Å². The molecule has 3 rings (SSSR count). The number of aromatic nitrogens is 1. The van der Waals surface area contributed by atoms with Gasteiger partial charge in [0.05, 0.1) is 4.92 Å². The molecule has 23 heavy (non-hydrogen) atoms. The van der Waals surface area contributed by atoms with Crippen molar-refractivity contribution in [2.24, 2.45) is 0 Å². The minimum Gasteiger partial charge on any atom is -0.441 e. The summed E-state index contributed by atoms with van der Waals surface area (Å²) in [5, 5.41) is 13.6. The maximum atomic E-state index is 12.3. The zero-order valence-electron chi connectivity index (χ0n) is 12.5. The summed E-state index contributed by atoms with van der Waals surface area (Å²) in [6.45, 7) is 3.34. The number of fused-ring (bicyclic) bond motifs is 1. The molecule has 3 aromatic rings. The monoisotopic (exact) mass is 311 g/mol. The molecule has 0 saturated heterocycles. The predicted molar refractivity (Wildman–Crippen MR) is 84.5 cm³/mol. The lowest BCUT2D eigenvalue weighted by atomic mass is 10.1. The van der Waals surface area contributed by atoms with Crippen LogP contribution in [0.25, 0.3) is 11.1 Å². The first-order valence-electron chi connectivity index (χ1n) is 6.87. The number of nitrogens with one attached hydrogen (secondary N) is 1. The Balaban J connectivity index is 1.85. The van der Waals surface area contributed by atoms with Gasteiger partial charge in [0.1, 0.15) is 5.52 Å². The molecule has 0 aliphatic heterocycles. The first-order valence-corrected chi connectivity index (χ1v) is 6.87. The quantitative estimate of drug-likeness (QED) is 0.588. The van der Waals surface area contributed by atoms with Gasteiger partial charge < -0.3 is 9.73 Å². The Labute approximate surface area is 131 Å². The van der Waals surface area contributed by atoms with Gasteiger partial charge >= 0.3 is 0 Å². The Bertz CT molecular complexity index is 930. The molecule has 0 spiro atoms. The van der Waals surface area contributed by atoms with Crippen LogP contribution in [0.3, 0.4) is 0 Å². The summed E-state index contributed by atoms with van der Waals surface area (Å²) in [7, 11) is 0. The molecule has 0 saturated carbocycles. The maximum absolute atomic E-state index is 12.3. The van der Waals surface area contributed by atoms with E-state index in [1.54, 1.807) is 32.0 Å². The Hall–Kier alpha value is -3.22. The van der Waals surface area contributed by atoms with E-state index < -0.39 is 4.92 Å². The number of oxazole rings is 1. The van der Waals surface area contributed by atoms with Crippen molar-refractivity contribution in [3.63, 3.8) is 0 Å². The number of rotatable bonds is 3. The molecule has 0 aliphatic rings. The number of carbonyl (C=O) groups is 1. The van der Waals surface area contributed by atoms with Gasteiger partial charge in [-0.2, -0.15) is 0 Å². The first kappa shape index (κ1) is 14.7. The number of nitro benzene ring substituents is 1. The summed E-state index contributed by atoms with van der Waals surface area (Å²) >= 11 is 0. The number of nitrogens with zero attached hydrogens (tertiary/aromatic N) is 2. The molecule has 0 atom stereocenters. The maximum Gasteiger partial charge on any atom is 0.272 e. The standard InChI is InChI=1S/C16H13N3O4/c1-9-7-11(3-5-14(9)19(21)22)16(20)18-12-4-6-15-13(8-12)17-10(2)23-15/h3-8H,1-2H3,(H,18,20). The molecule has 0 fully saturated rings. The van der Waals surface area contributed by atoms with Crippen molar-refractivity contribution in [2.45, 2.75) is 13.8 Å². The highest BCUT2D eigenvalue weighted by molar-refractivity contribution is 6.05. The highest BCUT2D eigenvalue weighted by Crippen LogP contribution is 2.22. The third kappa shape index (κ3) is 2.89. The number of nitro groups is 1. The second-order valence-electron chi connectivity index (χ2n) is 5.13. The molecule has 1 amide bonds. The molecular weight excluding hydrogens is 298 g/mol. The van der Waals surface area contributed by atoms with Crippen LogP contribution in [-0.2, 0) is 0 Å². The van der Waals surface area contributed by atoms with Crippen molar-refractivity contribution < 1.29 is 14.1 Å². The fraction of sp³-hybridized carbons (Fsp3) is 0.125. The van der Waals surface area contributed by atoms with E-state index >= 15 is 0 Å². The Kier molecular flexibility index (Phi) is 3.53. The van der Waals surface area contributed by atoms with E-state index in [2.05, 4.69) is 10.3 Å². The summed E-state index contributed by atoms with van der Waals surface area (Å²) in [6.07, 6.45) is 0. The van der Waals surface area contributed by atoms with Crippen LogP contribution in [0.2, 0.25) is 0 Å². The summed E-state index contributed by atoms with van der Waals surface area (Å²) in [5.74, 6) is 0.206. The lowest BCUT2D eigenvalue weighted by molar-refractivity contribution is -0.385. The number of amides is 1. The van der Waals surface area contributed by atoms with Gasteiger partial charge in [0.2, 0.25) is 0 Å². The molecule has 2 aromatic carbocycles. The summed E-state index contributed by atoms with van der Waals surface area (Å²) in [4.78, 5) is 26.8. The molecule has 0 radical (unpaired) electrons. The second kappa shape index (κ2) is 5.53. The number of carbonyl (C=O) groups excluding carboxylic acids is 1. The van der Waals surface area contributed by atoms with Gasteiger partial charge in [-0.1, -0.05) is 0 Å². The average molecular weight is 311 g/mol. The Morgan fingerprint density at radius 1 is 1.22 bits per heavy atom. The largest absolute Gasteiger partial charge is 0.441 e. The van der Waals surface area contributed by atoms with Crippen molar-refractivity contribution in [3.05, 3.63) is 63.5 Å². The van der Waals surface area contributed by atoms with E-state index in [9.17, 15) is 14.9 Å². The van der Waals surface area contributed by atoms with Gasteiger partial charge in [0.25, 0.3) is 11.6 Å². The van der Waals surface area contributed by atoms with Crippen LogP contribution in [0, 0.1) is 24.0 Å². The van der Waals surface area contributed by atoms with Gasteiger partial charge in [-0.05, 0) is 37.3 Å². The lowest BCUT2D eigenvalue weighted by Gasteiger charge is -2.06. The number of benzene rings is 2. The average Bonchev–Trinajstić information content (AvgIpc) is 2.86. The Morgan fingerprint density at radius 2 is 2.00 bits per heavy atom. The van der Waals surface area contributed by atoms with E-state index in [-0.39, 0.29) is 11.6 Å². The van der Waals surface area contributed by atoms with E-state index in [1.807, 2.05) is 0 Å². The van der Waals surface area contributed by atoms with Gasteiger partial charge in [0, 0.05) is 29.8 Å². The number of hydrogen-bond donors (Lipinski definition) is 1. The van der Waals surface area contributed by atoms with Crippen LogP contribution < -0.4 is 5.32 Å². The molecule has 7 nitrogen and oxygen atoms in total. The third-order valence-corrected chi connectivity index (χ3v) is 3.41. The van der Waals surface area contributed by atoms with E-state index in [1.165, 1.54) is 18.2 Å². The van der Waals surface area contributed by atoms with Crippen molar-refractivity contribution in [1.29, 1.82) is 0 Å². The summed E-state index contributed by atoms with van der Waals surface area (Å²) in [6, 6.07) is 9.40. The van der Waals surface area contributed by atoms with Gasteiger partial charge in [-0.3, -0.25) is 14.9 Å². The number of anilines is 1. The van der Waals surface area contributed by atoms with E-state index in [0.717, 1.165) is 0 Å². The molecule has 1 aromatic heterocycles. The van der Waals surface area contributed by atoms with Crippen molar-refractivity contribution >= 4 is 28.4 Å². The normalized spacial score (nSPS) is 10.7. The highest BCUT2D eigenvalue weighted by atomic mass is 16.6.